The fourth-order valence-corrected chi connectivity index (χ4v) is 2.36. The maximum atomic E-state index is 11.3. The fourth-order valence-electron chi connectivity index (χ4n) is 2.36. The Balaban J connectivity index is -0.000000362. The van der Waals surface area contributed by atoms with Crippen molar-refractivity contribution in [3.63, 3.8) is 0 Å². The zero-order chi connectivity index (χ0) is 31.9. The molecule has 0 aliphatic carbocycles. The standard InChI is InChI=1S/C15H20N8O2.C4H9NO.C2H4O.2C2H6.CH2O/c16-14(25)13(20-9-24)7-10-1-3-12(4-2-10)23-8-11(21-22-23)5-6-19-15(17)18;1-3-4(6)5-2;1-2-3;3*1-2/h1-4,8-9,13H,5-7H2,(H2,16,25)(H,20,24)(H4,17,18,19);3H2,1-2H3,(H,5,6);2H,1H3;2*1-2H3;1H2/t13-;;;;;/m0...../s1. The number of aldehydes is 1. The molecule has 40 heavy (non-hydrogen) atoms. The lowest BCUT2D eigenvalue weighted by molar-refractivity contribution is -0.122. The van der Waals surface area contributed by atoms with Crippen LogP contribution in [0.25, 0.3) is 5.69 Å². The molecule has 1 aromatic heterocycles. The number of hydrogen-bond donors (Lipinski definition) is 5. The number of nitrogens with zero attached hydrogens (tertiary/aromatic N) is 4. The van der Waals surface area contributed by atoms with Crippen LogP contribution in [0.5, 0.6) is 0 Å². The zero-order valence-corrected chi connectivity index (χ0v) is 24.7. The van der Waals surface area contributed by atoms with Gasteiger partial charge < -0.3 is 37.4 Å². The van der Waals surface area contributed by atoms with Crippen molar-refractivity contribution in [2.45, 2.75) is 66.8 Å². The van der Waals surface area contributed by atoms with E-state index in [-0.39, 0.29) is 11.9 Å². The molecule has 0 unspecified atom stereocenters. The van der Waals surface area contributed by atoms with Gasteiger partial charge >= 0.3 is 0 Å². The molecule has 0 aliphatic rings. The summed E-state index contributed by atoms with van der Waals surface area (Å²) in [6.07, 6.45) is 4.47. The van der Waals surface area contributed by atoms with Crippen LogP contribution in [0.2, 0.25) is 0 Å². The highest BCUT2D eigenvalue weighted by atomic mass is 16.2. The molecule has 0 radical (unpaired) electrons. The van der Waals surface area contributed by atoms with Crippen LogP contribution in [0, 0.1) is 0 Å². The third-order valence-corrected chi connectivity index (χ3v) is 4.06. The van der Waals surface area contributed by atoms with E-state index in [0.29, 0.717) is 32.2 Å². The number of primary amides is 1. The van der Waals surface area contributed by atoms with Gasteiger partial charge in [-0.3, -0.25) is 19.4 Å². The first-order chi connectivity index (χ1) is 19.2. The van der Waals surface area contributed by atoms with Crippen molar-refractivity contribution in [2.75, 3.05) is 13.6 Å². The molecule has 0 fully saturated rings. The molecular formula is C26H47N9O5. The zero-order valence-electron chi connectivity index (χ0n) is 24.7. The summed E-state index contributed by atoms with van der Waals surface area (Å²) in [4.78, 5) is 52.5. The number of aromatic nitrogens is 3. The molecule has 0 bridgehead atoms. The van der Waals surface area contributed by atoms with Gasteiger partial charge in [-0.25, -0.2) is 4.68 Å². The van der Waals surface area contributed by atoms with Crippen LogP contribution in [0.3, 0.4) is 0 Å². The summed E-state index contributed by atoms with van der Waals surface area (Å²) >= 11 is 0. The molecule has 14 nitrogen and oxygen atoms in total. The van der Waals surface area contributed by atoms with Crippen molar-refractivity contribution < 1.29 is 24.0 Å². The minimum absolute atomic E-state index is 0.0429. The molecule has 14 heteroatoms. The average Bonchev–Trinajstić information content (AvgIpc) is 3.45. The topological polar surface area (TPSA) is 231 Å². The van der Waals surface area contributed by atoms with E-state index >= 15 is 0 Å². The molecule has 2 rings (SSSR count). The number of benzene rings is 1. The highest BCUT2D eigenvalue weighted by Crippen LogP contribution is 2.11. The molecule has 0 aliphatic heterocycles. The van der Waals surface area contributed by atoms with Crippen molar-refractivity contribution in [3.05, 3.63) is 41.7 Å². The molecule has 1 aromatic carbocycles. The monoisotopic (exact) mass is 565 g/mol. The minimum atomic E-state index is -0.739. The van der Waals surface area contributed by atoms with Crippen molar-refractivity contribution in [1.82, 2.24) is 25.6 Å². The van der Waals surface area contributed by atoms with Gasteiger partial charge in [0.05, 0.1) is 17.6 Å². The number of carbonyl (C=O) groups is 5. The summed E-state index contributed by atoms with van der Waals surface area (Å²) in [6, 6.07) is 6.60. The maximum Gasteiger partial charge on any atom is 0.240 e. The number of rotatable bonds is 10. The van der Waals surface area contributed by atoms with Gasteiger partial charge in [0.15, 0.2) is 5.96 Å². The van der Waals surface area contributed by atoms with Gasteiger partial charge in [-0.1, -0.05) is 52.0 Å². The Labute approximate surface area is 237 Å². The van der Waals surface area contributed by atoms with Crippen LogP contribution in [0.1, 0.15) is 59.2 Å². The summed E-state index contributed by atoms with van der Waals surface area (Å²) in [7, 11) is 1.63. The van der Waals surface area contributed by atoms with Crippen LogP contribution < -0.4 is 27.8 Å². The van der Waals surface area contributed by atoms with Gasteiger partial charge in [0.1, 0.15) is 19.1 Å². The van der Waals surface area contributed by atoms with Crippen molar-refractivity contribution >= 4 is 37.3 Å². The van der Waals surface area contributed by atoms with Gasteiger partial charge in [-0.15, -0.1) is 5.10 Å². The number of nitrogens with two attached hydrogens (primary N) is 3. The largest absolute Gasteiger partial charge is 0.370 e. The third-order valence-electron chi connectivity index (χ3n) is 4.06. The minimum Gasteiger partial charge on any atom is -0.370 e. The second kappa shape index (κ2) is 30.6. The highest BCUT2D eigenvalue weighted by Gasteiger charge is 2.14. The van der Waals surface area contributed by atoms with E-state index in [1.807, 2.05) is 65.7 Å². The van der Waals surface area contributed by atoms with Crippen LogP contribution in [0.4, 0.5) is 0 Å². The van der Waals surface area contributed by atoms with Crippen LogP contribution in [-0.2, 0) is 36.8 Å². The van der Waals surface area contributed by atoms with E-state index in [9.17, 15) is 14.4 Å². The first-order valence-electron chi connectivity index (χ1n) is 12.7. The van der Waals surface area contributed by atoms with E-state index < -0.39 is 11.9 Å². The van der Waals surface area contributed by atoms with Crippen molar-refractivity contribution in [1.29, 1.82) is 0 Å². The van der Waals surface area contributed by atoms with E-state index in [2.05, 4.69) is 25.9 Å². The predicted octanol–water partition coefficient (Wildman–Crippen LogP) is 0.441. The molecular weight excluding hydrogens is 518 g/mol. The smallest absolute Gasteiger partial charge is 0.240 e. The van der Waals surface area contributed by atoms with E-state index in [4.69, 9.17) is 26.8 Å². The Morgan fingerprint density at radius 2 is 1.60 bits per heavy atom. The quantitative estimate of drug-likeness (QED) is 0.153. The normalized spacial score (nSPS) is 9.07. The number of aliphatic imine (C=N–C) groups is 1. The Morgan fingerprint density at radius 3 is 1.98 bits per heavy atom. The van der Waals surface area contributed by atoms with E-state index in [1.165, 1.54) is 6.92 Å². The molecule has 1 atom stereocenters. The Morgan fingerprint density at radius 1 is 1.07 bits per heavy atom. The van der Waals surface area contributed by atoms with Crippen LogP contribution >= 0.6 is 0 Å². The number of guanidine groups is 1. The third kappa shape index (κ3) is 22.6. The Bertz CT molecular complexity index is 938. The van der Waals surface area contributed by atoms with Gasteiger partial charge in [0.2, 0.25) is 18.2 Å². The molecule has 2 aromatic rings. The number of hydrogen-bond acceptors (Lipinski definition) is 8. The van der Waals surface area contributed by atoms with Gasteiger partial charge in [0.25, 0.3) is 0 Å². The predicted molar refractivity (Wildman–Crippen MR) is 158 cm³/mol. The van der Waals surface area contributed by atoms with Crippen molar-refractivity contribution in [3.8, 4) is 5.69 Å². The lowest BCUT2D eigenvalue weighted by atomic mass is 10.1. The lowest BCUT2D eigenvalue weighted by Gasteiger charge is -2.12. The Hall–Kier alpha value is -4.62. The van der Waals surface area contributed by atoms with E-state index in [0.717, 1.165) is 23.2 Å². The first kappa shape index (κ1) is 42.5. The first-order valence-corrected chi connectivity index (χ1v) is 12.7. The summed E-state index contributed by atoms with van der Waals surface area (Å²) < 4.78 is 1.63. The molecule has 0 spiro atoms. The van der Waals surface area contributed by atoms with Gasteiger partial charge in [-0.2, -0.15) is 0 Å². The van der Waals surface area contributed by atoms with Crippen LogP contribution in [0.15, 0.2) is 35.5 Å². The molecule has 226 valence electrons. The lowest BCUT2D eigenvalue weighted by Crippen LogP contribution is -2.42. The van der Waals surface area contributed by atoms with Gasteiger partial charge in [0, 0.05) is 32.9 Å². The highest BCUT2D eigenvalue weighted by molar-refractivity contribution is 5.82. The molecule has 8 N–H and O–H groups in total. The summed E-state index contributed by atoms with van der Waals surface area (Å²) in [5, 5.41) is 13.0. The summed E-state index contributed by atoms with van der Waals surface area (Å²) in [6.45, 7) is 13.7. The van der Waals surface area contributed by atoms with Crippen LogP contribution in [-0.4, -0.2) is 71.9 Å². The number of carbonyl (C=O) groups excluding carboxylic acids is 5. The Kier molecular flexibility index (Phi) is 32.5. The second-order valence-corrected chi connectivity index (χ2v) is 6.58. The number of nitrogens with one attached hydrogen (secondary N) is 2. The van der Waals surface area contributed by atoms with Crippen molar-refractivity contribution in [2.24, 2.45) is 22.2 Å². The van der Waals surface area contributed by atoms with Gasteiger partial charge in [-0.05, 0) is 24.6 Å². The average molecular weight is 566 g/mol. The van der Waals surface area contributed by atoms with E-state index in [1.54, 1.807) is 17.9 Å². The number of amides is 3. The molecule has 0 saturated carbocycles. The SMILES string of the molecule is C=O.CC.CC.CC=O.CCC(=O)NC.NC(=O)[C@H](Cc1ccc(-n2cc(CCN=C(N)N)nn2)cc1)NC=O. The molecule has 1 heterocycles. The summed E-state index contributed by atoms with van der Waals surface area (Å²) in [5.74, 6) is -0.450. The fraction of sp³-hybridized carbons (Fsp3) is 0.462. The maximum absolute atomic E-state index is 11.3. The molecule has 0 saturated heterocycles. The molecule has 3 amide bonds. The second-order valence-electron chi connectivity index (χ2n) is 6.58. The summed E-state index contributed by atoms with van der Waals surface area (Å²) in [5.41, 5.74) is 18.2.